The average Bonchev–Trinajstić information content (AvgIpc) is 3.11. The Bertz CT molecular complexity index is 635. The number of benzene rings is 1. The van der Waals surface area contributed by atoms with E-state index in [2.05, 4.69) is 4.74 Å². The van der Waals surface area contributed by atoms with Crippen molar-refractivity contribution in [3.8, 4) is 0 Å². The number of hydrogen-bond acceptors (Lipinski definition) is 8. The summed E-state index contributed by atoms with van der Waals surface area (Å²) in [4.78, 5) is 27.8. The predicted octanol–water partition coefficient (Wildman–Crippen LogP) is 3.05. The molecule has 1 amide bonds. The molecule has 0 aromatic heterocycles. The zero-order chi connectivity index (χ0) is 18.8. The third-order valence-electron chi connectivity index (χ3n) is 3.63. The van der Waals surface area contributed by atoms with Gasteiger partial charge in [0.15, 0.2) is 0 Å². The Hall–Kier alpha value is -2.07. The topological polar surface area (TPSA) is 97.3 Å². The van der Waals surface area contributed by atoms with Gasteiger partial charge in [0.2, 0.25) is 11.0 Å². The fourth-order valence-corrected chi connectivity index (χ4v) is 2.81. The van der Waals surface area contributed by atoms with Crippen molar-refractivity contribution >= 4 is 30.0 Å². The van der Waals surface area contributed by atoms with Crippen molar-refractivity contribution in [2.45, 2.75) is 32.1 Å². The Morgan fingerprint density at radius 1 is 1.23 bits per heavy atom. The summed E-state index contributed by atoms with van der Waals surface area (Å²) in [5.41, 5.74) is 2.99. The second-order valence-corrected chi connectivity index (χ2v) is 6.30. The summed E-state index contributed by atoms with van der Waals surface area (Å²) in [5.74, 6) is -0.732. The van der Waals surface area contributed by atoms with Crippen molar-refractivity contribution in [1.29, 1.82) is 0 Å². The van der Waals surface area contributed by atoms with Crippen LogP contribution in [0.4, 0.5) is 0 Å². The molecule has 0 spiro atoms. The molecule has 0 bridgehead atoms. The van der Waals surface area contributed by atoms with Gasteiger partial charge < -0.3 is 9.57 Å². The van der Waals surface area contributed by atoms with Crippen molar-refractivity contribution in [2.75, 3.05) is 13.7 Å². The normalized spacial score (nSPS) is 15.7. The van der Waals surface area contributed by atoms with E-state index in [9.17, 15) is 9.59 Å². The molecule has 142 valence electrons. The van der Waals surface area contributed by atoms with Crippen molar-refractivity contribution in [1.82, 2.24) is 10.7 Å². The van der Waals surface area contributed by atoms with E-state index in [0.29, 0.717) is 23.6 Å². The van der Waals surface area contributed by atoms with E-state index in [4.69, 9.17) is 14.3 Å². The van der Waals surface area contributed by atoms with E-state index in [-0.39, 0.29) is 11.9 Å². The van der Waals surface area contributed by atoms with Gasteiger partial charge in [0.25, 0.3) is 0 Å². The van der Waals surface area contributed by atoms with Crippen molar-refractivity contribution in [3.63, 3.8) is 0 Å². The maximum atomic E-state index is 11.4. The van der Waals surface area contributed by atoms with E-state index < -0.39 is 0 Å². The molecule has 2 rings (SSSR count). The smallest absolute Gasteiger partial charge is 0.337 e. The number of methoxy groups -OCH3 is 1. The maximum absolute atomic E-state index is 11.4. The minimum Gasteiger partial charge on any atom is -0.465 e. The third-order valence-corrected chi connectivity index (χ3v) is 4.23. The highest BCUT2D eigenvalue weighted by Crippen LogP contribution is 2.31. The van der Waals surface area contributed by atoms with Gasteiger partial charge in [0.05, 0.1) is 31.3 Å². The Morgan fingerprint density at radius 3 is 2.65 bits per heavy atom. The molecule has 1 aromatic rings. The van der Waals surface area contributed by atoms with Gasteiger partial charge in [-0.2, -0.15) is 4.28 Å². The number of hydrogen-bond donors (Lipinski definition) is 2. The zero-order valence-corrected chi connectivity index (χ0v) is 15.3. The van der Waals surface area contributed by atoms with Gasteiger partial charge in [-0.1, -0.05) is 25.0 Å². The molecule has 2 N–H and O–H groups in total. The molecule has 1 aliphatic rings. The van der Waals surface area contributed by atoms with Gasteiger partial charge in [-0.15, -0.1) is 0 Å². The van der Waals surface area contributed by atoms with E-state index in [1.165, 1.54) is 12.3 Å². The van der Waals surface area contributed by atoms with Gasteiger partial charge >= 0.3 is 5.97 Å². The van der Waals surface area contributed by atoms with E-state index >= 15 is 0 Å². The summed E-state index contributed by atoms with van der Waals surface area (Å²) in [6.07, 6.45) is 5.56. The van der Waals surface area contributed by atoms with Crippen LogP contribution in [0, 0.1) is 0 Å². The number of ether oxygens (including phenoxy) is 1. The first-order valence-corrected chi connectivity index (χ1v) is 8.99. The number of rotatable bonds is 9. The number of hydroxylamine groups is 3. The standard InChI is InChI=1S/C17H22N2O6S/c1-23-17(21)14-9-7-13(8-10-14)12-16-24-19(25-26-16)11-5-3-2-4-6-15(20)18-22/h7-10,12,22H,2-6,11H2,1H3,(H,18,20)/b16-12-. The number of carbonyl (C=O) groups is 2. The van der Waals surface area contributed by atoms with Crippen molar-refractivity contribution in [2.24, 2.45) is 0 Å². The quantitative estimate of drug-likeness (QED) is 0.221. The summed E-state index contributed by atoms with van der Waals surface area (Å²) in [6, 6.07) is 6.98. The second kappa shape index (κ2) is 10.8. The highest BCUT2D eigenvalue weighted by molar-refractivity contribution is 7.98. The lowest BCUT2D eigenvalue weighted by Gasteiger charge is -2.10. The summed E-state index contributed by atoms with van der Waals surface area (Å²) in [6.45, 7) is 0.609. The second-order valence-electron chi connectivity index (χ2n) is 5.58. The molecule has 1 aromatic carbocycles. The first-order chi connectivity index (χ1) is 12.6. The molecule has 1 aliphatic heterocycles. The Balaban J connectivity index is 1.68. The summed E-state index contributed by atoms with van der Waals surface area (Å²) in [5, 5.41) is 10.4. The van der Waals surface area contributed by atoms with E-state index in [0.717, 1.165) is 43.3 Å². The molecule has 1 heterocycles. The SMILES string of the molecule is COC(=O)c1ccc(/C=C2/ON(CCCCCCC(=O)NO)OS2)cc1. The first-order valence-electron chi connectivity index (χ1n) is 8.25. The molecule has 0 unspecified atom stereocenters. The maximum Gasteiger partial charge on any atom is 0.337 e. The largest absolute Gasteiger partial charge is 0.465 e. The lowest BCUT2D eigenvalue weighted by Crippen LogP contribution is -2.18. The van der Waals surface area contributed by atoms with Crippen LogP contribution in [0.1, 0.15) is 48.0 Å². The lowest BCUT2D eigenvalue weighted by atomic mass is 10.1. The van der Waals surface area contributed by atoms with Gasteiger partial charge in [-0.05, 0) is 41.8 Å². The average molecular weight is 382 g/mol. The number of carbonyl (C=O) groups excluding carboxylic acids is 2. The molecule has 0 aliphatic carbocycles. The van der Waals surface area contributed by atoms with E-state index in [1.54, 1.807) is 29.7 Å². The molecular weight excluding hydrogens is 360 g/mol. The Kier molecular flexibility index (Phi) is 8.42. The van der Waals surface area contributed by atoms with Gasteiger partial charge in [-0.25, -0.2) is 10.3 Å². The van der Waals surface area contributed by atoms with Crippen molar-refractivity contribution in [3.05, 3.63) is 40.5 Å². The fourth-order valence-electron chi connectivity index (χ4n) is 2.25. The molecule has 0 radical (unpaired) electrons. The van der Waals surface area contributed by atoms with Crippen LogP contribution in [-0.4, -0.2) is 36.0 Å². The molecule has 8 nitrogen and oxygen atoms in total. The number of nitrogens with zero attached hydrogens (tertiary/aromatic N) is 1. The van der Waals surface area contributed by atoms with Crippen LogP contribution >= 0.6 is 12.0 Å². The van der Waals surface area contributed by atoms with Crippen LogP contribution in [-0.2, 0) is 18.7 Å². The lowest BCUT2D eigenvalue weighted by molar-refractivity contribution is -0.259. The molecule has 1 fully saturated rings. The van der Waals surface area contributed by atoms with Gasteiger partial charge in [0, 0.05) is 6.42 Å². The first kappa shape index (κ1) is 20.2. The monoisotopic (exact) mass is 382 g/mol. The Morgan fingerprint density at radius 2 is 1.96 bits per heavy atom. The van der Waals surface area contributed by atoms with Crippen LogP contribution in [0.3, 0.4) is 0 Å². The number of esters is 1. The van der Waals surface area contributed by atoms with Crippen molar-refractivity contribution < 1.29 is 28.7 Å². The van der Waals surface area contributed by atoms with Crippen LogP contribution in [0.5, 0.6) is 0 Å². The number of nitrogens with one attached hydrogen (secondary N) is 1. The Labute approximate surface area is 156 Å². The van der Waals surface area contributed by atoms with Crippen LogP contribution in [0.25, 0.3) is 6.08 Å². The minimum absolute atomic E-state index is 0.324. The molecule has 1 saturated heterocycles. The fraction of sp³-hybridized carbons (Fsp3) is 0.412. The van der Waals surface area contributed by atoms with E-state index in [1.807, 2.05) is 6.08 Å². The molecule has 9 heteroatoms. The predicted molar refractivity (Wildman–Crippen MR) is 95.2 cm³/mol. The van der Waals surface area contributed by atoms with Crippen LogP contribution < -0.4 is 5.48 Å². The molecule has 0 atom stereocenters. The third kappa shape index (κ3) is 6.68. The number of unbranched alkanes of at least 4 members (excludes halogenated alkanes) is 3. The van der Waals surface area contributed by atoms with Gasteiger partial charge in [-0.3, -0.25) is 10.0 Å². The zero-order valence-electron chi connectivity index (χ0n) is 14.5. The van der Waals surface area contributed by atoms with Crippen LogP contribution in [0.2, 0.25) is 0 Å². The van der Waals surface area contributed by atoms with Gasteiger partial charge in [0.1, 0.15) is 0 Å². The highest BCUT2D eigenvalue weighted by atomic mass is 32.2. The highest BCUT2D eigenvalue weighted by Gasteiger charge is 2.20. The summed E-state index contributed by atoms with van der Waals surface area (Å²) >= 11 is 1.13. The molecular formula is C17H22N2O6S. The molecule has 26 heavy (non-hydrogen) atoms. The summed E-state index contributed by atoms with van der Waals surface area (Å²) < 4.78 is 10.0. The van der Waals surface area contributed by atoms with Crippen LogP contribution in [0.15, 0.2) is 29.4 Å². The molecule has 0 saturated carbocycles. The summed E-state index contributed by atoms with van der Waals surface area (Å²) in [7, 11) is 1.35. The number of amides is 1. The minimum atomic E-state index is -0.373.